The Balaban J connectivity index is 1.81. The van der Waals surface area contributed by atoms with Gasteiger partial charge in [-0.3, -0.25) is 4.98 Å². The Kier molecular flexibility index (Phi) is 2.42. The minimum absolute atomic E-state index is 0.687. The van der Waals surface area contributed by atoms with E-state index >= 15 is 0 Å². The van der Waals surface area contributed by atoms with Crippen LogP contribution in [0.4, 0.5) is 0 Å². The van der Waals surface area contributed by atoms with Crippen molar-refractivity contribution in [2.24, 2.45) is 0 Å². The van der Waals surface area contributed by atoms with Crippen LogP contribution < -0.4 is 5.32 Å². The molecule has 0 radical (unpaired) electrons. The topological polar surface area (TPSA) is 51.0 Å². The quantitative estimate of drug-likeness (QED) is 0.847. The minimum Gasteiger partial charge on any atom is -0.354 e. The fourth-order valence-corrected chi connectivity index (χ4v) is 1.64. The number of hydrogen-bond acceptors (Lipinski definition) is 4. The fraction of sp³-hybridized carbons (Fsp3) is 0.333. The molecule has 1 N–H and O–H groups in total. The molecule has 82 valence electrons. The van der Waals surface area contributed by atoms with Gasteiger partial charge in [-0.05, 0) is 25.0 Å². The Hall–Kier alpha value is -1.68. The zero-order valence-electron chi connectivity index (χ0n) is 8.89. The summed E-state index contributed by atoms with van der Waals surface area (Å²) < 4.78 is 5.25. The van der Waals surface area contributed by atoms with Crippen LogP contribution in [-0.2, 0) is 6.54 Å². The molecule has 4 nitrogen and oxygen atoms in total. The van der Waals surface area contributed by atoms with Crippen molar-refractivity contribution in [1.29, 1.82) is 0 Å². The van der Waals surface area contributed by atoms with Gasteiger partial charge in [0.2, 0.25) is 0 Å². The van der Waals surface area contributed by atoms with Crippen molar-refractivity contribution in [2.75, 3.05) is 0 Å². The van der Waals surface area contributed by atoms with Gasteiger partial charge in [0.15, 0.2) is 5.76 Å². The van der Waals surface area contributed by atoms with Crippen LogP contribution in [0.25, 0.3) is 11.5 Å². The highest BCUT2D eigenvalue weighted by molar-refractivity contribution is 5.55. The number of aromatic nitrogens is 2. The Labute approximate surface area is 93.7 Å². The summed E-state index contributed by atoms with van der Waals surface area (Å²) in [5, 5.41) is 7.28. The predicted molar refractivity (Wildman–Crippen MR) is 59.6 cm³/mol. The van der Waals surface area contributed by atoms with E-state index < -0.39 is 0 Å². The summed E-state index contributed by atoms with van der Waals surface area (Å²) >= 11 is 0. The van der Waals surface area contributed by atoms with E-state index in [1.54, 1.807) is 12.4 Å². The second-order valence-electron chi connectivity index (χ2n) is 4.05. The van der Waals surface area contributed by atoms with E-state index in [1.165, 1.54) is 12.8 Å². The van der Waals surface area contributed by atoms with Crippen LogP contribution >= 0.6 is 0 Å². The van der Waals surface area contributed by atoms with Crippen molar-refractivity contribution in [3.8, 4) is 11.5 Å². The molecule has 0 bridgehead atoms. The highest BCUT2D eigenvalue weighted by Crippen LogP contribution is 2.23. The monoisotopic (exact) mass is 215 g/mol. The normalized spacial score (nSPS) is 15.2. The average Bonchev–Trinajstić information content (AvgIpc) is 3.05. The lowest BCUT2D eigenvalue weighted by molar-refractivity contribution is 0.430. The van der Waals surface area contributed by atoms with Crippen molar-refractivity contribution in [1.82, 2.24) is 15.5 Å². The molecule has 0 saturated heterocycles. The van der Waals surface area contributed by atoms with Gasteiger partial charge in [0.25, 0.3) is 0 Å². The minimum atomic E-state index is 0.687. The second-order valence-corrected chi connectivity index (χ2v) is 4.05. The van der Waals surface area contributed by atoms with Gasteiger partial charge in [-0.2, -0.15) is 0 Å². The first-order valence-electron chi connectivity index (χ1n) is 5.52. The molecule has 0 unspecified atom stereocenters. The van der Waals surface area contributed by atoms with E-state index in [-0.39, 0.29) is 0 Å². The van der Waals surface area contributed by atoms with Crippen LogP contribution in [0.15, 0.2) is 35.1 Å². The molecule has 1 fully saturated rings. The Morgan fingerprint density at radius 1 is 1.38 bits per heavy atom. The van der Waals surface area contributed by atoms with Gasteiger partial charge in [0.1, 0.15) is 5.69 Å². The molecule has 0 amide bonds. The van der Waals surface area contributed by atoms with Crippen molar-refractivity contribution in [3.05, 3.63) is 36.2 Å². The van der Waals surface area contributed by atoms with E-state index in [9.17, 15) is 0 Å². The predicted octanol–water partition coefficient (Wildman–Crippen LogP) is 1.99. The summed E-state index contributed by atoms with van der Waals surface area (Å²) in [6.07, 6.45) is 6.09. The van der Waals surface area contributed by atoms with Crippen molar-refractivity contribution in [2.45, 2.75) is 25.4 Å². The smallest absolute Gasteiger partial charge is 0.189 e. The van der Waals surface area contributed by atoms with E-state index in [1.807, 2.05) is 18.2 Å². The van der Waals surface area contributed by atoms with Crippen LogP contribution in [0.5, 0.6) is 0 Å². The third-order valence-electron chi connectivity index (χ3n) is 2.70. The molecule has 1 saturated carbocycles. The van der Waals surface area contributed by atoms with Crippen molar-refractivity contribution < 1.29 is 4.52 Å². The standard InChI is InChI=1S/C12H13N3O/c1-2-6-13-11(3-1)12-9(8-15-16-12)7-14-10-4-5-10/h1-3,6,8,10,14H,4-5,7H2. The maximum atomic E-state index is 5.25. The fourth-order valence-electron chi connectivity index (χ4n) is 1.64. The SMILES string of the molecule is c1ccc(-c2oncc2CNC2CC2)nc1. The van der Waals surface area contributed by atoms with Crippen LogP contribution in [-0.4, -0.2) is 16.2 Å². The molecule has 1 aliphatic rings. The Bertz CT molecular complexity index is 462. The molecular formula is C12H13N3O. The van der Waals surface area contributed by atoms with E-state index in [0.29, 0.717) is 6.04 Å². The molecule has 4 heteroatoms. The first-order valence-corrected chi connectivity index (χ1v) is 5.52. The summed E-state index contributed by atoms with van der Waals surface area (Å²) in [6, 6.07) is 6.46. The molecular weight excluding hydrogens is 202 g/mol. The van der Waals surface area contributed by atoms with Crippen molar-refractivity contribution >= 4 is 0 Å². The van der Waals surface area contributed by atoms with Gasteiger partial charge < -0.3 is 9.84 Å². The average molecular weight is 215 g/mol. The lowest BCUT2D eigenvalue weighted by Gasteiger charge is -2.01. The number of rotatable bonds is 4. The first kappa shape index (κ1) is 9.54. The molecule has 0 aromatic carbocycles. The van der Waals surface area contributed by atoms with Crippen molar-refractivity contribution in [3.63, 3.8) is 0 Å². The molecule has 2 heterocycles. The largest absolute Gasteiger partial charge is 0.354 e. The molecule has 0 aliphatic heterocycles. The molecule has 1 aliphatic carbocycles. The zero-order valence-corrected chi connectivity index (χ0v) is 8.89. The highest BCUT2D eigenvalue weighted by atomic mass is 16.5. The van der Waals surface area contributed by atoms with Crippen LogP contribution in [0, 0.1) is 0 Å². The first-order chi connectivity index (χ1) is 7.93. The summed E-state index contributed by atoms with van der Waals surface area (Å²) in [5.74, 6) is 0.772. The van der Waals surface area contributed by atoms with E-state index in [4.69, 9.17) is 4.52 Å². The van der Waals surface area contributed by atoms with Gasteiger partial charge in [-0.25, -0.2) is 0 Å². The summed E-state index contributed by atoms with van der Waals surface area (Å²) in [6.45, 7) is 0.806. The van der Waals surface area contributed by atoms with Crippen LogP contribution in [0.1, 0.15) is 18.4 Å². The summed E-state index contributed by atoms with van der Waals surface area (Å²) in [7, 11) is 0. The number of nitrogens with one attached hydrogen (secondary N) is 1. The second kappa shape index (κ2) is 4.06. The molecule has 2 aromatic rings. The van der Waals surface area contributed by atoms with E-state index in [2.05, 4.69) is 15.5 Å². The molecule has 0 spiro atoms. The van der Waals surface area contributed by atoms with Gasteiger partial charge >= 0.3 is 0 Å². The number of pyridine rings is 1. The summed E-state index contributed by atoms with van der Waals surface area (Å²) in [5.41, 5.74) is 1.91. The lowest BCUT2D eigenvalue weighted by atomic mass is 10.2. The van der Waals surface area contributed by atoms with Gasteiger partial charge in [0, 0.05) is 24.3 Å². The van der Waals surface area contributed by atoms with E-state index in [0.717, 1.165) is 23.6 Å². The third-order valence-corrected chi connectivity index (χ3v) is 2.70. The number of nitrogens with zero attached hydrogens (tertiary/aromatic N) is 2. The van der Waals surface area contributed by atoms with Gasteiger partial charge in [-0.1, -0.05) is 11.2 Å². The Morgan fingerprint density at radius 2 is 2.31 bits per heavy atom. The molecule has 3 rings (SSSR count). The van der Waals surface area contributed by atoms with Crippen LogP contribution in [0.2, 0.25) is 0 Å². The highest BCUT2D eigenvalue weighted by Gasteiger charge is 2.21. The lowest BCUT2D eigenvalue weighted by Crippen LogP contribution is -2.15. The molecule has 0 atom stereocenters. The van der Waals surface area contributed by atoms with Gasteiger partial charge in [-0.15, -0.1) is 0 Å². The molecule has 16 heavy (non-hydrogen) atoms. The zero-order chi connectivity index (χ0) is 10.8. The number of hydrogen-bond donors (Lipinski definition) is 1. The Morgan fingerprint density at radius 3 is 3.06 bits per heavy atom. The third kappa shape index (κ3) is 1.97. The maximum Gasteiger partial charge on any atom is 0.189 e. The summed E-state index contributed by atoms with van der Waals surface area (Å²) in [4.78, 5) is 4.26. The van der Waals surface area contributed by atoms with Gasteiger partial charge in [0.05, 0.1) is 6.20 Å². The molecule has 2 aromatic heterocycles. The van der Waals surface area contributed by atoms with Crippen LogP contribution in [0.3, 0.4) is 0 Å². The maximum absolute atomic E-state index is 5.25.